The van der Waals surface area contributed by atoms with E-state index >= 15 is 0 Å². The Labute approximate surface area is 163 Å². The second kappa shape index (κ2) is 7.92. The number of rotatable bonds is 5. The van der Waals surface area contributed by atoms with Gasteiger partial charge < -0.3 is 9.47 Å². The van der Waals surface area contributed by atoms with E-state index in [9.17, 15) is 4.79 Å². The molecule has 0 unspecified atom stereocenters. The molecular weight excluding hydrogens is 350 g/mol. The molecule has 0 aromatic heterocycles. The number of benzene rings is 3. The highest BCUT2D eigenvalue weighted by molar-refractivity contribution is 6.12. The van der Waals surface area contributed by atoms with Gasteiger partial charge in [0, 0.05) is 5.56 Å². The summed E-state index contributed by atoms with van der Waals surface area (Å²) in [6, 6.07) is 25.2. The average molecular weight is 369 g/mol. The van der Waals surface area contributed by atoms with Crippen LogP contribution in [0.2, 0.25) is 0 Å². The molecule has 0 atom stereocenters. The minimum Gasteiger partial charge on any atom is -0.489 e. The number of carbonyl (C=O) groups excluding carboxylic acids is 1. The molecule has 3 aromatic rings. The van der Waals surface area contributed by atoms with Crippen molar-refractivity contribution in [2.45, 2.75) is 13.5 Å². The van der Waals surface area contributed by atoms with Gasteiger partial charge in [0.1, 0.15) is 12.4 Å². The van der Waals surface area contributed by atoms with Crippen LogP contribution in [0.25, 0.3) is 6.08 Å². The molecule has 0 N–H and O–H groups in total. The summed E-state index contributed by atoms with van der Waals surface area (Å²) in [6.45, 7) is 2.47. The van der Waals surface area contributed by atoms with E-state index < -0.39 is 5.97 Å². The molecule has 1 aliphatic heterocycles. The summed E-state index contributed by atoms with van der Waals surface area (Å²) >= 11 is 0. The molecule has 0 bridgehead atoms. The number of hydrogen-bond donors (Lipinski definition) is 0. The zero-order valence-corrected chi connectivity index (χ0v) is 15.5. The van der Waals surface area contributed by atoms with Crippen LogP contribution < -0.4 is 4.74 Å². The second-order valence-electron chi connectivity index (χ2n) is 6.55. The lowest BCUT2D eigenvalue weighted by atomic mass is 10.1. The third-order valence-corrected chi connectivity index (χ3v) is 4.30. The van der Waals surface area contributed by atoms with Gasteiger partial charge in [0.2, 0.25) is 5.90 Å². The van der Waals surface area contributed by atoms with Crippen LogP contribution in [0.5, 0.6) is 5.75 Å². The van der Waals surface area contributed by atoms with Crippen molar-refractivity contribution in [1.82, 2.24) is 0 Å². The second-order valence-corrected chi connectivity index (χ2v) is 6.55. The van der Waals surface area contributed by atoms with Crippen molar-refractivity contribution < 1.29 is 14.3 Å². The van der Waals surface area contributed by atoms with E-state index in [-0.39, 0.29) is 5.70 Å². The molecule has 4 heteroatoms. The Morgan fingerprint density at radius 3 is 2.61 bits per heavy atom. The van der Waals surface area contributed by atoms with Crippen molar-refractivity contribution in [2.75, 3.05) is 0 Å². The molecule has 0 saturated heterocycles. The van der Waals surface area contributed by atoms with Gasteiger partial charge in [-0.15, -0.1) is 0 Å². The van der Waals surface area contributed by atoms with Crippen LogP contribution in [-0.2, 0) is 16.1 Å². The fourth-order valence-corrected chi connectivity index (χ4v) is 2.90. The molecule has 0 fully saturated rings. The zero-order valence-electron chi connectivity index (χ0n) is 15.5. The molecular formula is C24H19NO3. The van der Waals surface area contributed by atoms with E-state index in [2.05, 4.69) is 4.99 Å². The molecule has 28 heavy (non-hydrogen) atoms. The Hall–Kier alpha value is -3.66. The average Bonchev–Trinajstić information content (AvgIpc) is 3.08. The molecule has 3 aromatic carbocycles. The lowest BCUT2D eigenvalue weighted by Gasteiger charge is -2.07. The van der Waals surface area contributed by atoms with Gasteiger partial charge in [-0.1, -0.05) is 60.2 Å². The number of hydrogen-bond acceptors (Lipinski definition) is 4. The maximum Gasteiger partial charge on any atom is 0.363 e. The molecule has 0 radical (unpaired) electrons. The Morgan fingerprint density at radius 2 is 1.79 bits per heavy atom. The molecule has 0 spiro atoms. The summed E-state index contributed by atoms with van der Waals surface area (Å²) in [6.07, 6.45) is 1.71. The minimum absolute atomic E-state index is 0.275. The van der Waals surface area contributed by atoms with Crippen molar-refractivity contribution in [3.8, 4) is 5.75 Å². The number of esters is 1. The van der Waals surface area contributed by atoms with E-state index in [0.29, 0.717) is 12.5 Å². The molecule has 0 saturated carbocycles. The first-order valence-electron chi connectivity index (χ1n) is 9.04. The standard InChI is InChI=1S/C24H19NO3/c1-17-7-5-11-20(13-17)23-25-22(24(26)28-23)15-19-10-6-12-21(14-19)27-16-18-8-3-2-4-9-18/h2-15H,16H2,1H3. The lowest BCUT2D eigenvalue weighted by molar-refractivity contribution is -0.129. The fourth-order valence-electron chi connectivity index (χ4n) is 2.90. The molecule has 0 aliphatic carbocycles. The summed E-state index contributed by atoms with van der Waals surface area (Å²) in [7, 11) is 0. The molecule has 4 nitrogen and oxygen atoms in total. The molecule has 4 rings (SSSR count). The highest BCUT2D eigenvalue weighted by Crippen LogP contribution is 2.22. The Kier molecular flexibility index (Phi) is 5.02. The van der Waals surface area contributed by atoms with Crippen LogP contribution in [0.3, 0.4) is 0 Å². The minimum atomic E-state index is -0.452. The normalized spacial score (nSPS) is 14.7. The molecule has 1 aliphatic rings. The summed E-state index contributed by atoms with van der Waals surface area (Å²) in [5.41, 5.74) is 4.06. The first-order chi connectivity index (χ1) is 13.7. The predicted molar refractivity (Wildman–Crippen MR) is 109 cm³/mol. The van der Waals surface area contributed by atoms with E-state index in [1.807, 2.05) is 85.8 Å². The van der Waals surface area contributed by atoms with Gasteiger partial charge in [-0.25, -0.2) is 9.79 Å². The molecule has 1 heterocycles. The third-order valence-electron chi connectivity index (χ3n) is 4.30. The fraction of sp³-hybridized carbons (Fsp3) is 0.0833. The van der Waals surface area contributed by atoms with Crippen molar-refractivity contribution in [3.63, 3.8) is 0 Å². The highest BCUT2D eigenvalue weighted by Gasteiger charge is 2.24. The van der Waals surface area contributed by atoms with Crippen LogP contribution in [0.4, 0.5) is 0 Å². The van der Waals surface area contributed by atoms with Crippen LogP contribution in [0, 0.1) is 6.92 Å². The van der Waals surface area contributed by atoms with Gasteiger partial charge >= 0.3 is 5.97 Å². The van der Waals surface area contributed by atoms with Gasteiger partial charge in [-0.2, -0.15) is 0 Å². The monoisotopic (exact) mass is 369 g/mol. The van der Waals surface area contributed by atoms with Gasteiger partial charge in [0.15, 0.2) is 5.70 Å². The first-order valence-corrected chi connectivity index (χ1v) is 9.04. The summed E-state index contributed by atoms with van der Waals surface area (Å²) in [4.78, 5) is 16.6. The maximum absolute atomic E-state index is 12.2. The SMILES string of the molecule is Cc1cccc(C2=NC(=Cc3cccc(OCc4ccccc4)c3)C(=O)O2)c1. The van der Waals surface area contributed by atoms with Crippen LogP contribution in [-0.4, -0.2) is 11.9 Å². The van der Waals surface area contributed by atoms with Crippen molar-refractivity contribution in [2.24, 2.45) is 4.99 Å². The number of carbonyl (C=O) groups is 1. The largest absolute Gasteiger partial charge is 0.489 e. The van der Waals surface area contributed by atoms with Crippen molar-refractivity contribution >= 4 is 17.9 Å². The number of aliphatic imine (C=N–C) groups is 1. The van der Waals surface area contributed by atoms with Crippen LogP contribution in [0.1, 0.15) is 22.3 Å². The maximum atomic E-state index is 12.2. The third kappa shape index (κ3) is 4.18. The Morgan fingerprint density at radius 1 is 0.964 bits per heavy atom. The van der Waals surface area contributed by atoms with E-state index in [4.69, 9.17) is 9.47 Å². The van der Waals surface area contributed by atoms with E-state index in [1.54, 1.807) is 6.08 Å². The van der Waals surface area contributed by atoms with Gasteiger partial charge in [0.25, 0.3) is 0 Å². The zero-order chi connectivity index (χ0) is 19.3. The summed E-state index contributed by atoms with van der Waals surface area (Å²) < 4.78 is 11.2. The van der Waals surface area contributed by atoms with Gasteiger partial charge in [0.05, 0.1) is 0 Å². The van der Waals surface area contributed by atoms with Crippen molar-refractivity contribution in [1.29, 1.82) is 0 Å². The highest BCUT2D eigenvalue weighted by atomic mass is 16.6. The summed E-state index contributed by atoms with van der Waals surface area (Å²) in [5.74, 6) is 0.607. The molecule has 138 valence electrons. The summed E-state index contributed by atoms with van der Waals surface area (Å²) in [5, 5.41) is 0. The van der Waals surface area contributed by atoms with Crippen LogP contribution >= 0.6 is 0 Å². The topological polar surface area (TPSA) is 47.9 Å². The van der Waals surface area contributed by atoms with Crippen LogP contribution in [0.15, 0.2) is 89.6 Å². The predicted octanol–water partition coefficient (Wildman–Crippen LogP) is 4.92. The Bertz CT molecular complexity index is 1070. The number of cyclic esters (lactones) is 1. The van der Waals surface area contributed by atoms with Crippen molar-refractivity contribution in [3.05, 3.63) is 107 Å². The van der Waals surface area contributed by atoms with Gasteiger partial charge in [-0.05, 0) is 48.4 Å². The number of ether oxygens (including phenoxy) is 2. The number of nitrogens with zero attached hydrogens (tertiary/aromatic N) is 1. The molecule has 0 amide bonds. The first kappa shape index (κ1) is 17.7. The lowest BCUT2D eigenvalue weighted by Crippen LogP contribution is -2.05. The van der Waals surface area contributed by atoms with Gasteiger partial charge in [-0.3, -0.25) is 0 Å². The smallest absolute Gasteiger partial charge is 0.363 e. The Balaban J connectivity index is 1.52. The van der Waals surface area contributed by atoms with E-state index in [0.717, 1.165) is 28.0 Å². The quantitative estimate of drug-likeness (QED) is 0.474. The number of aryl methyl sites for hydroxylation is 1. The van der Waals surface area contributed by atoms with E-state index in [1.165, 1.54) is 0 Å².